The van der Waals surface area contributed by atoms with Crippen LogP contribution >= 0.6 is 0 Å². The fraction of sp³-hybridized carbons (Fsp3) is 0.154. The van der Waals surface area contributed by atoms with Crippen molar-refractivity contribution in [1.82, 2.24) is 20.1 Å². The van der Waals surface area contributed by atoms with Crippen LogP contribution in [0.15, 0.2) is 41.3 Å². The fourth-order valence-corrected chi connectivity index (χ4v) is 1.87. The topological polar surface area (TPSA) is 114 Å². The van der Waals surface area contributed by atoms with Crippen LogP contribution in [0.2, 0.25) is 0 Å². The highest BCUT2D eigenvalue weighted by molar-refractivity contribution is 5.56. The maximum absolute atomic E-state index is 9.44. The molecule has 0 amide bonds. The van der Waals surface area contributed by atoms with E-state index in [0.29, 0.717) is 23.7 Å². The summed E-state index contributed by atoms with van der Waals surface area (Å²) in [6, 6.07) is 6.23. The van der Waals surface area contributed by atoms with Gasteiger partial charge in [0.2, 0.25) is 11.7 Å². The summed E-state index contributed by atoms with van der Waals surface area (Å²) in [5.74, 6) is 0.893. The predicted octanol–water partition coefficient (Wildman–Crippen LogP) is 1.41. The number of rotatable bonds is 4. The van der Waals surface area contributed by atoms with Crippen molar-refractivity contribution < 1.29 is 9.63 Å². The third-order valence-corrected chi connectivity index (χ3v) is 2.86. The van der Waals surface area contributed by atoms with E-state index in [1.165, 1.54) is 0 Å². The smallest absolute Gasteiger partial charge is 0.244 e. The number of nitrogens with two attached hydrogens (primary N) is 1. The molecule has 0 radical (unpaired) electrons. The van der Waals surface area contributed by atoms with E-state index in [2.05, 4.69) is 20.1 Å². The Labute approximate surface area is 114 Å². The zero-order valence-electron chi connectivity index (χ0n) is 10.5. The van der Waals surface area contributed by atoms with Crippen molar-refractivity contribution in [3.63, 3.8) is 0 Å². The first-order chi connectivity index (χ1) is 9.72. The van der Waals surface area contributed by atoms with Gasteiger partial charge in [0.1, 0.15) is 5.75 Å². The molecule has 0 unspecified atom stereocenters. The minimum Gasteiger partial charge on any atom is -0.508 e. The quantitative estimate of drug-likeness (QED) is 0.661. The molecule has 0 aliphatic carbocycles. The molecule has 0 aliphatic rings. The standard InChI is InChI=1S/C13H13N5O2/c14-11(5-9-6-15-7-16-9)13-17-12(18-20-13)8-2-1-3-10(19)4-8/h1-4,6-7,11,19H,5,14H2,(H,15,16)/t11-/m0/s1. The van der Waals surface area contributed by atoms with Gasteiger partial charge in [-0.1, -0.05) is 17.3 Å². The molecule has 4 N–H and O–H groups in total. The molecule has 3 aromatic rings. The van der Waals surface area contributed by atoms with E-state index >= 15 is 0 Å². The second-order valence-electron chi connectivity index (χ2n) is 4.39. The van der Waals surface area contributed by atoms with Gasteiger partial charge in [0, 0.05) is 23.9 Å². The summed E-state index contributed by atoms with van der Waals surface area (Å²) < 4.78 is 5.17. The highest BCUT2D eigenvalue weighted by atomic mass is 16.5. The van der Waals surface area contributed by atoms with E-state index in [-0.39, 0.29) is 5.75 Å². The van der Waals surface area contributed by atoms with Crippen LogP contribution in [0.4, 0.5) is 0 Å². The van der Waals surface area contributed by atoms with Crippen molar-refractivity contribution in [2.45, 2.75) is 12.5 Å². The molecule has 2 heterocycles. The normalized spacial score (nSPS) is 12.4. The molecule has 3 rings (SSSR count). The molecule has 0 spiro atoms. The number of aromatic hydroxyl groups is 1. The van der Waals surface area contributed by atoms with Crippen LogP contribution in [0.5, 0.6) is 5.75 Å². The SMILES string of the molecule is N[C@@H](Cc1cnc[nH]1)c1nc(-c2cccc(O)c2)no1. The summed E-state index contributed by atoms with van der Waals surface area (Å²) in [6.45, 7) is 0. The number of H-pyrrole nitrogens is 1. The number of benzene rings is 1. The van der Waals surface area contributed by atoms with Crippen molar-refractivity contribution in [2.24, 2.45) is 5.73 Å². The number of phenols is 1. The molecule has 0 fully saturated rings. The van der Waals surface area contributed by atoms with Crippen molar-refractivity contribution in [1.29, 1.82) is 0 Å². The minimum atomic E-state index is -0.408. The van der Waals surface area contributed by atoms with Crippen LogP contribution in [0, 0.1) is 0 Å². The Kier molecular flexibility index (Phi) is 3.18. The highest BCUT2D eigenvalue weighted by Crippen LogP contribution is 2.22. The Morgan fingerprint density at radius 3 is 3.05 bits per heavy atom. The zero-order valence-corrected chi connectivity index (χ0v) is 10.5. The predicted molar refractivity (Wildman–Crippen MR) is 70.6 cm³/mol. The van der Waals surface area contributed by atoms with Gasteiger partial charge in [-0.25, -0.2) is 4.98 Å². The number of imidazole rings is 1. The summed E-state index contributed by atoms with van der Waals surface area (Å²) in [6.07, 6.45) is 3.82. The van der Waals surface area contributed by atoms with Crippen LogP contribution in [0.1, 0.15) is 17.6 Å². The van der Waals surface area contributed by atoms with E-state index in [0.717, 1.165) is 5.69 Å². The first-order valence-corrected chi connectivity index (χ1v) is 6.08. The second-order valence-corrected chi connectivity index (χ2v) is 4.39. The Balaban J connectivity index is 1.79. The van der Waals surface area contributed by atoms with Crippen LogP contribution in [0.3, 0.4) is 0 Å². The van der Waals surface area contributed by atoms with Crippen molar-refractivity contribution in [3.8, 4) is 17.1 Å². The summed E-state index contributed by atoms with van der Waals surface area (Å²) >= 11 is 0. The largest absolute Gasteiger partial charge is 0.508 e. The number of hydrogen-bond acceptors (Lipinski definition) is 6. The van der Waals surface area contributed by atoms with Crippen molar-refractivity contribution in [3.05, 3.63) is 48.4 Å². The number of phenolic OH excluding ortho intramolecular Hbond substituents is 1. The van der Waals surface area contributed by atoms with Crippen molar-refractivity contribution >= 4 is 0 Å². The van der Waals surface area contributed by atoms with Gasteiger partial charge < -0.3 is 20.3 Å². The van der Waals surface area contributed by atoms with Gasteiger partial charge in [-0.3, -0.25) is 0 Å². The lowest BCUT2D eigenvalue weighted by atomic mass is 10.2. The molecule has 7 heteroatoms. The van der Waals surface area contributed by atoms with Gasteiger partial charge in [0.05, 0.1) is 12.4 Å². The Hall–Kier alpha value is -2.67. The molecule has 1 atom stereocenters. The Bertz CT molecular complexity index is 692. The van der Waals surface area contributed by atoms with E-state index in [1.54, 1.807) is 36.8 Å². The number of hydrogen-bond donors (Lipinski definition) is 3. The summed E-state index contributed by atoms with van der Waals surface area (Å²) in [4.78, 5) is 11.1. The van der Waals surface area contributed by atoms with Crippen LogP contribution in [0.25, 0.3) is 11.4 Å². The molecule has 0 saturated carbocycles. The Morgan fingerprint density at radius 2 is 2.30 bits per heavy atom. The van der Waals surface area contributed by atoms with E-state index in [4.69, 9.17) is 10.3 Å². The number of nitrogens with zero attached hydrogens (tertiary/aromatic N) is 3. The number of aromatic nitrogens is 4. The van der Waals surface area contributed by atoms with Gasteiger partial charge in [0.25, 0.3) is 0 Å². The molecule has 1 aromatic carbocycles. The maximum atomic E-state index is 9.44. The monoisotopic (exact) mass is 271 g/mol. The molecule has 7 nitrogen and oxygen atoms in total. The molecular weight excluding hydrogens is 258 g/mol. The molecule has 102 valence electrons. The van der Waals surface area contributed by atoms with Crippen LogP contribution in [-0.2, 0) is 6.42 Å². The van der Waals surface area contributed by atoms with Gasteiger partial charge >= 0.3 is 0 Å². The van der Waals surface area contributed by atoms with E-state index < -0.39 is 6.04 Å². The fourth-order valence-electron chi connectivity index (χ4n) is 1.87. The summed E-state index contributed by atoms with van der Waals surface area (Å²) in [5.41, 5.74) is 7.59. The third-order valence-electron chi connectivity index (χ3n) is 2.86. The first-order valence-electron chi connectivity index (χ1n) is 6.08. The molecule has 20 heavy (non-hydrogen) atoms. The van der Waals surface area contributed by atoms with E-state index in [9.17, 15) is 5.11 Å². The highest BCUT2D eigenvalue weighted by Gasteiger charge is 2.17. The van der Waals surface area contributed by atoms with Gasteiger partial charge in [-0.15, -0.1) is 0 Å². The van der Waals surface area contributed by atoms with Gasteiger partial charge in [-0.2, -0.15) is 4.98 Å². The molecule has 2 aromatic heterocycles. The number of nitrogens with one attached hydrogen (secondary N) is 1. The van der Waals surface area contributed by atoms with Crippen LogP contribution < -0.4 is 5.73 Å². The minimum absolute atomic E-state index is 0.149. The average Bonchev–Trinajstić information content (AvgIpc) is 3.09. The third kappa shape index (κ3) is 2.52. The van der Waals surface area contributed by atoms with E-state index in [1.807, 2.05) is 0 Å². The Morgan fingerprint density at radius 1 is 1.40 bits per heavy atom. The lowest BCUT2D eigenvalue weighted by molar-refractivity contribution is 0.354. The van der Waals surface area contributed by atoms with Gasteiger partial charge in [0.15, 0.2) is 0 Å². The lowest BCUT2D eigenvalue weighted by Crippen LogP contribution is -2.13. The molecule has 0 bridgehead atoms. The summed E-state index contributed by atoms with van der Waals surface area (Å²) in [7, 11) is 0. The summed E-state index contributed by atoms with van der Waals surface area (Å²) in [5, 5.41) is 13.3. The maximum Gasteiger partial charge on any atom is 0.244 e. The number of aromatic amines is 1. The molecule has 0 saturated heterocycles. The molecule has 0 aliphatic heterocycles. The lowest BCUT2D eigenvalue weighted by Gasteiger charge is -2.03. The van der Waals surface area contributed by atoms with Gasteiger partial charge in [-0.05, 0) is 12.1 Å². The zero-order chi connectivity index (χ0) is 13.9. The average molecular weight is 271 g/mol. The molecular formula is C13H13N5O2. The van der Waals surface area contributed by atoms with Crippen molar-refractivity contribution in [2.75, 3.05) is 0 Å². The van der Waals surface area contributed by atoms with Crippen LogP contribution in [-0.4, -0.2) is 25.2 Å². The second kappa shape index (κ2) is 5.14. The first kappa shape index (κ1) is 12.4.